The van der Waals surface area contributed by atoms with E-state index in [1.165, 1.54) is 19.5 Å². The molecule has 23 heavy (non-hydrogen) atoms. The molecule has 1 atom stereocenters. The third-order valence-corrected chi connectivity index (χ3v) is 3.86. The maximum atomic E-state index is 12.6. The van der Waals surface area contributed by atoms with Gasteiger partial charge in [0.05, 0.1) is 37.3 Å². The molecule has 1 fully saturated rings. The van der Waals surface area contributed by atoms with Crippen molar-refractivity contribution in [1.29, 1.82) is 0 Å². The fourth-order valence-corrected chi connectivity index (χ4v) is 2.69. The van der Waals surface area contributed by atoms with Gasteiger partial charge in [-0.15, -0.1) is 0 Å². The highest BCUT2D eigenvalue weighted by atomic mass is 16.5. The molecule has 0 aromatic carbocycles. The summed E-state index contributed by atoms with van der Waals surface area (Å²) in [6.45, 7) is 4.84. The maximum absolute atomic E-state index is 12.6. The van der Waals surface area contributed by atoms with Gasteiger partial charge in [-0.25, -0.2) is 0 Å². The van der Waals surface area contributed by atoms with Gasteiger partial charge in [0, 0.05) is 18.7 Å². The Hall–Kier alpha value is -2.64. The van der Waals surface area contributed by atoms with Gasteiger partial charge >= 0.3 is 0 Å². The van der Waals surface area contributed by atoms with Crippen molar-refractivity contribution in [3.63, 3.8) is 0 Å². The topological polar surface area (TPSA) is 93.2 Å². The number of likely N-dealkylation sites (tertiary alicyclic amines) is 1. The fraction of sp³-hybridized carbons (Fsp3) is 0.467. The number of carbonyl (C=O) groups excluding carboxylic acids is 1. The Kier molecular flexibility index (Phi) is 4.14. The van der Waals surface area contributed by atoms with Crippen LogP contribution in [0.2, 0.25) is 0 Å². The molecule has 1 amide bonds. The predicted molar refractivity (Wildman–Crippen MR) is 81.6 cm³/mol. The maximum Gasteiger partial charge on any atom is 0.257 e. The van der Waals surface area contributed by atoms with E-state index in [2.05, 4.69) is 20.2 Å². The predicted octanol–water partition coefficient (Wildman–Crippen LogP) is 1.12. The van der Waals surface area contributed by atoms with E-state index in [9.17, 15) is 4.79 Å². The zero-order valence-corrected chi connectivity index (χ0v) is 13.4. The van der Waals surface area contributed by atoms with Crippen molar-refractivity contribution < 1.29 is 14.3 Å². The monoisotopic (exact) mass is 317 g/mol. The van der Waals surface area contributed by atoms with Gasteiger partial charge in [-0.1, -0.05) is 0 Å². The van der Waals surface area contributed by atoms with E-state index in [-0.39, 0.29) is 12.0 Å². The van der Waals surface area contributed by atoms with Gasteiger partial charge < -0.3 is 14.4 Å². The molecular weight excluding hydrogens is 298 g/mol. The van der Waals surface area contributed by atoms with Crippen LogP contribution in [0.1, 0.15) is 28.2 Å². The number of amides is 1. The molecule has 1 unspecified atom stereocenters. The van der Waals surface area contributed by atoms with Gasteiger partial charge in [0.2, 0.25) is 11.8 Å². The number of hydrogen-bond acceptors (Lipinski definition) is 6. The van der Waals surface area contributed by atoms with Crippen LogP contribution in [0.15, 0.2) is 12.4 Å². The van der Waals surface area contributed by atoms with Crippen LogP contribution >= 0.6 is 0 Å². The third kappa shape index (κ3) is 3.10. The molecule has 3 rings (SSSR count). The Bertz CT molecular complexity index is 695. The highest BCUT2D eigenvalue weighted by molar-refractivity contribution is 5.96. The summed E-state index contributed by atoms with van der Waals surface area (Å²) < 4.78 is 10.8. The number of aromatic amines is 1. The summed E-state index contributed by atoms with van der Waals surface area (Å²) in [5.41, 5.74) is 2.15. The number of nitrogens with one attached hydrogen (secondary N) is 1. The van der Waals surface area contributed by atoms with E-state index in [0.29, 0.717) is 30.4 Å². The van der Waals surface area contributed by atoms with Crippen molar-refractivity contribution in [3.05, 3.63) is 29.3 Å². The van der Waals surface area contributed by atoms with Crippen LogP contribution in [-0.4, -0.2) is 57.3 Å². The van der Waals surface area contributed by atoms with Crippen LogP contribution in [0.25, 0.3) is 0 Å². The molecular formula is C15H19N5O3. The number of rotatable bonds is 4. The van der Waals surface area contributed by atoms with Crippen LogP contribution < -0.4 is 9.47 Å². The summed E-state index contributed by atoms with van der Waals surface area (Å²) in [5.74, 6) is 0.786. The van der Waals surface area contributed by atoms with Crippen molar-refractivity contribution in [2.24, 2.45) is 0 Å². The minimum Gasteiger partial charge on any atom is -0.480 e. The van der Waals surface area contributed by atoms with Gasteiger partial charge in [0.1, 0.15) is 6.10 Å². The van der Waals surface area contributed by atoms with Gasteiger partial charge in [0.25, 0.3) is 5.91 Å². The van der Waals surface area contributed by atoms with Crippen molar-refractivity contribution in [3.8, 4) is 11.8 Å². The lowest BCUT2D eigenvalue weighted by Gasteiger charge is -2.17. The van der Waals surface area contributed by atoms with Gasteiger partial charge in [0.15, 0.2) is 0 Å². The number of nitrogens with zero attached hydrogens (tertiary/aromatic N) is 4. The zero-order chi connectivity index (χ0) is 16.4. The number of carbonyl (C=O) groups is 1. The first-order chi connectivity index (χ1) is 11.1. The molecule has 1 aliphatic rings. The molecule has 3 heterocycles. The summed E-state index contributed by atoms with van der Waals surface area (Å²) in [6.07, 6.45) is 3.70. The smallest absolute Gasteiger partial charge is 0.257 e. The van der Waals surface area contributed by atoms with Crippen molar-refractivity contribution >= 4 is 5.91 Å². The molecule has 122 valence electrons. The van der Waals surface area contributed by atoms with Crippen molar-refractivity contribution in [2.75, 3.05) is 20.2 Å². The molecule has 2 aromatic heterocycles. The van der Waals surface area contributed by atoms with Crippen LogP contribution in [0.3, 0.4) is 0 Å². The number of H-pyrrole nitrogens is 1. The molecule has 2 aromatic rings. The van der Waals surface area contributed by atoms with E-state index in [4.69, 9.17) is 9.47 Å². The minimum absolute atomic E-state index is 0.0171. The summed E-state index contributed by atoms with van der Waals surface area (Å²) in [5, 5.41) is 6.92. The Morgan fingerprint density at radius 1 is 1.35 bits per heavy atom. The molecule has 1 N–H and O–H groups in total. The van der Waals surface area contributed by atoms with E-state index in [1.54, 1.807) is 4.90 Å². The van der Waals surface area contributed by atoms with E-state index in [0.717, 1.165) is 17.8 Å². The molecule has 1 saturated heterocycles. The zero-order valence-electron chi connectivity index (χ0n) is 13.4. The minimum atomic E-state index is -0.104. The highest BCUT2D eigenvalue weighted by Crippen LogP contribution is 2.21. The molecule has 0 saturated carbocycles. The summed E-state index contributed by atoms with van der Waals surface area (Å²) >= 11 is 0. The van der Waals surface area contributed by atoms with E-state index < -0.39 is 0 Å². The van der Waals surface area contributed by atoms with Crippen LogP contribution in [0, 0.1) is 13.8 Å². The average molecular weight is 317 g/mol. The van der Waals surface area contributed by atoms with Crippen LogP contribution in [0.5, 0.6) is 11.8 Å². The number of methoxy groups -OCH3 is 1. The first-order valence-electron chi connectivity index (χ1n) is 7.42. The number of aromatic nitrogens is 4. The molecule has 0 spiro atoms. The summed E-state index contributed by atoms with van der Waals surface area (Å²) in [7, 11) is 1.53. The molecule has 0 aliphatic carbocycles. The van der Waals surface area contributed by atoms with Crippen LogP contribution in [0.4, 0.5) is 0 Å². The first kappa shape index (κ1) is 15.3. The first-order valence-corrected chi connectivity index (χ1v) is 7.42. The summed E-state index contributed by atoms with van der Waals surface area (Å²) in [6, 6.07) is 0. The quantitative estimate of drug-likeness (QED) is 0.908. The lowest BCUT2D eigenvalue weighted by Crippen LogP contribution is -2.31. The summed E-state index contributed by atoms with van der Waals surface area (Å²) in [4.78, 5) is 22.6. The molecule has 8 heteroatoms. The number of aryl methyl sites for hydroxylation is 2. The van der Waals surface area contributed by atoms with Gasteiger partial charge in [-0.2, -0.15) is 10.1 Å². The van der Waals surface area contributed by atoms with E-state index >= 15 is 0 Å². The lowest BCUT2D eigenvalue weighted by atomic mass is 10.2. The SMILES string of the molecule is COc1cncc(OC2CCN(C(=O)c3c(C)n[nH]c3C)C2)n1. The Labute approximate surface area is 133 Å². The lowest BCUT2D eigenvalue weighted by molar-refractivity contribution is 0.0769. The third-order valence-electron chi connectivity index (χ3n) is 3.86. The highest BCUT2D eigenvalue weighted by Gasteiger charge is 2.30. The van der Waals surface area contributed by atoms with Gasteiger partial charge in [-0.05, 0) is 13.8 Å². The Morgan fingerprint density at radius 2 is 2.13 bits per heavy atom. The molecule has 0 radical (unpaired) electrons. The van der Waals surface area contributed by atoms with Crippen molar-refractivity contribution in [1.82, 2.24) is 25.1 Å². The molecule has 0 bridgehead atoms. The number of ether oxygens (including phenoxy) is 2. The van der Waals surface area contributed by atoms with E-state index in [1.807, 2.05) is 13.8 Å². The second kappa shape index (κ2) is 6.23. The Morgan fingerprint density at radius 3 is 2.83 bits per heavy atom. The number of hydrogen-bond donors (Lipinski definition) is 1. The second-order valence-corrected chi connectivity index (χ2v) is 5.49. The molecule has 1 aliphatic heterocycles. The van der Waals surface area contributed by atoms with Gasteiger partial charge in [-0.3, -0.25) is 14.9 Å². The normalized spacial score (nSPS) is 17.3. The van der Waals surface area contributed by atoms with Crippen LogP contribution in [-0.2, 0) is 0 Å². The Balaban J connectivity index is 1.65. The molecule has 8 nitrogen and oxygen atoms in total. The fourth-order valence-electron chi connectivity index (χ4n) is 2.69. The standard InChI is InChI=1S/C15H19N5O3/c1-9-14(10(2)19-18-9)15(21)20-5-4-11(8-20)23-13-7-16-6-12(17-13)22-3/h6-7,11H,4-5,8H2,1-3H3,(H,18,19). The van der Waals surface area contributed by atoms with Crippen molar-refractivity contribution in [2.45, 2.75) is 26.4 Å². The average Bonchev–Trinajstić information content (AvgIpc) is 3.14. The largest absolute Gasteiger partial charge is 0.480 e. The second-order valence-electron chi connectivity index (χ2n) is 5.49.